The summed E-state index contributed by atoms with van der Waals surface area (Å²) in [6.45, 7) is 4.43. The van der Waals surface area contributed by atoms with E-state index in [1.165, 1.54) is 5.56 Å². The Morgan fingerprint density at radius 3 is 2.67 bits per heavy atom. The Morgan fingerprint density at radius 1 is 1.27 bits per heavy atom. The lowest BCUT2D eigenvalue weighted by molar-refractivity contribution is -0.121. The van der Waals surface area contributed by atoms with Crippen LogP contribution in [-0.4, -0.2) is 12.5 Å². The number of amides is 1. The fraction of sp³-hybridized carbons (Fsp3) is 0.385. The molecule has 0 spiro atoms. The second-order valence-corrected chi connectivity index (χ2v) is 3.54. The third-order valence-corrected chi connectivity index (χ3v) is 2.23. The van der Waals surface area contributed by atoms with Crippen LogP contribution in [0.2, 0.25) is 0 Å². The van der Waals surface area contributed by atoms with Crippen molar-refractivity contribution >= 4 is 5.91 Å². The zero-order valence-corrected chi connectivity index (χ0v) is 9.04. The normalized spacial score (nSPS) is 9.93. The molecular formula is C13H18NO. The first-order valence-electron chi connectivity index (χ1n) is 5.43. The van der Waals surface area contributed by atoms with Crippen molar-refractivity contribution in [1.82, 2.24) is 5.32 Å². The fourth-order valence-electron chi connectivity index (χ4n) is 1.36. The second kappa shape index (κ2) is 7.04. The lowest BCUT2D eigenvalue weighted by Gasteiger charge is -2.04. The topological polar surface area (TPSA) is 29.1 Å². The first-order valence-corrected chi connectivity index (χ1v) is 5.43. The van der Waals surface area contributed by atoms with Gasteiger partial charge in [-0.25, -0.2) is 0 Å². The lowest BCUT2D eigenvalue weighted by atomic mass is 10.1. The minimum Gasteiger partial charge on any atom is -0.356 e. The summed E-state index contributed by atoms with van der Waals surface area (Å²) in [5.41, 5.74) is 1.26. The summed E-state index contributed by atoms with van der Waals surface area (Å²) in [6, 6.07) is 10.2. The van der Waals surface area contributed by atoms with Gasteiger partial charge >= 0.3 is 0 Å². The van der Waals surface area contributed by atoms with Crippen molar-refractivity contribution in [3.05, 3.63) is 42.8 Å². The molecule has 0 bridgehead atoms. The summed E-state index contributed by atoms with van der Waals surface area (Å²) in [5.74, 6) is 0.134. The fourth-order valence-corrected chi connectivity index (χ4v) is 1.36. The largest absolute Gasteiger partial charge is 0.356 e. The third-order valence-electron chi connectivity index (χ3n) is 2.23. The molecule has 0 atom stereocenters. The van der Waals surface area contributed by atoms with Gasteiger partial charge in [0.1, 0.15) is 0 Å². The Labute approximate surface area is 91.7 Å². The highest BCUT2D eigenvalue weighted by molar-refractivity contribution is 5.75. The van der Waals surface area contributed by atoms with Gasteiger partial charge in [-0.15, -0.1) is 0 Å². The maximum absolute atomic E-state index is 11.3. The minimum atomic E-state index is 0.134. The molecule has 0 aliphatic rings. The van der Waals surface area contributed by atoms with Crippen molar-refractivity contribution in [2.45, 2.75) is 25.7 Å². The van der Waals surface area contributed by atoms with E-state index in [2.05, 4.69) is 24.4 Å². The number of benzene rings is 1. The summed E-state index contributed by atoms with van der Waals surface area (Å²) in [4.78, 5) is 11.3. The molecule has 1 aromatic rings. The highest BCUT2D eigenvalue weighted by Crippen LogP contribution is 1.98. The molecular weight excluding hydrogens is 186 g/mol. The zero-order chi connectivity index (χ0) is 10.9. The first kappa shape index (κ1) is 11.8. The summed E-state index contributed by atoms with van der Waals surface area (Å²) >= 11 is 0. The molecule has 0 saturated carbocycles. The number of unbranched alkanes of at least 4 members (excludes halogenated alkanes) is 1. The van der Waals surface area contributed by atoms with Gasteiger partial charge in [0.05, 0.1) is 0 Å². The molecule has 0 saturated heterocycles. The van der Waals surface area contributed by atoms with Crippen LogP contribution in [0, 0.1) is 6.92 Å². The Morgan fingerprint density at radius 2 is 2.00 bits per heavy atom. The van der Waals surface area contributed by atoms with Crippen molar-refractivity contribution in [3.63, 3.8) is 0 Å². The molecule has 1 radical (unpaired) electrons. The van der Waals surface area contributed by atoms with Crippen LogP contribution in [0.4, 0.5) is 0 Å². The summed E-state index contributed by atoms with van der Waals surface area (Å²) in [5, 5.41) is 2.90. The quantitative estimate of drug-likeness (QED) is 0.757. The highest BCUT2D eigenvalue weighted by atomic mass is 16.1. The second-order valence-electron chi connectivity index (χ2n) is 3.54. The molecule has 1 rings (SSSR count). The van der Waals surface area contributed by atoms with Gasteiger partial charge in [-0.3, -0.25) is 4.79 Å². The van der Waals surface area contributed by atoms with E-state index in [0.29, 0.717) is 6.42 Å². The average molecular weight is 204 g/mol. The molecule has 0 aromatic heterocycles. The molecule has 0 aliphatic carbocycles. The van der Waals surface area contributed by atoms with Crippen LogP contribution in [0.5, 0.6) is 0 Å². The van der Waals surface area contributed by atoms with Crippen molar-refractivity contribution < 1.29 is 4.79 Å². The Hall–Kier alpha value is -1.31. The summed E-state index contributed by atoms with van der Waals surface area (Å²) in [6.07, 6.45) is 3.19. The van der Waals surface area contributed by atoms with E-state index in [9.17, 15) is 4.79 Å². The number of carbonyl (C=O) groups excluding carboxylic acids is 1. The van der Waals surface area contributed by atoms with Gasteiger partial charge in [0, 0.05) is 13.0 Å². The predicted octanol–water partition coefficient (Wildman–Crippen LogP) is 2.35. The van der Waals surface area contributed by atoms with E-state index >= 15 is 0 Å². The van der Waals surface area contributed by atoms with Crippen molar-refractivity contribution in [2.75, 3.05) is 6.54 Å². The molecule has 0 unspecified atom stereocenters. The molecule has 2 heteroatoms. The Balaban J connectivity index is 2.14. The van der Waals surface area contributed by atoms with E-state index in [-0.39, 0.29) is 5.91 Å². The van der Waals surface area contributed by atoms with Crippen molar-refractivity contribution in [2.24, 2.45) is 0 Å². The molecule has 2 nitrogen and oxygen atoms in total. The van der Waals surface area contributed by atoms with Crippen LogP contribution in [-0.2, 0) is 11.2 Å². The number of carbonyl (C=O) groups is 1. The molecule has 1 amide bonds. The van der Waals surface area contributed by atoms with E-state index < -0.39 is 0 Å². The SMILES string of the molecule is [CH2]CCCC(=O)NCCc1ccccc1. The van der Waals surface area contributed by atoms with Crippen LogP contribution < -0.4 is 5.32 Å². The van der Waals surface area contributed by atoms with Gasteiger partial charge in [-0.2, -0.15) is 0 Å². The van der Waals surface area contributed by atoms with Gasteiger partial charge in [0.25, 0.3) is 0 Å². The minimum absolute atomic E-state index is 0.134. The average Bonchev–Trinajstić information content (AvgIpc) is 2.28. The van der Waals surface area contributed by atoms with Crippen LogP contribution in [0.15, 0.2) is 30.3 Å². The van der Waals surface area contributed by atoms with Crippen molar-refractivity contribution in [3.8, 4) is 0 Å². The van der Waals surface area contributed by atoms with E-state index in [4.69, 9.17) is 0 Å². The van der Waals surface area contributed by atoms with Crippen LogP contribution >= 0.6 is 0 Å². The number of hydrogen-bond acceptors (Lipinski definition) is 1. The number of hydrogen-bond donors (Lipinski definition) is 1. The maximum Gasteiger partial charge on any atom is 0.220 e. The Kier molecular flexibility index (Phi) is 5.52. The van der Waals surface area contributed by atoms with Crippen molar-refractivity contribution in [1.29, 1.82) is 0 Å². The van der Waals surface area contributed by atoms with Crippen LogP contribution in [0.1, 0.15) is 24.8 Å². The monoisotopic (exact) mass is 204 g/mol. The first-order chi connectivity index (χ1) is 7.33. The molecule has 0 aliphatic heterocycles. The van der Waals surface area contributed by atoms with Gasteiger partial charge in [-0.1, -0.05) is 43.7 Å². The maximum atomic E-state index is 11.3. The molecule has 1 N–H and O–H groups in total. The molecule has 15 heavy (non-hydrogen) atoms. The van der Waals surface area contributed by atoms with Gasteiger partial charge in [0.15, 0.2) is 0 Å². The smallest absolute Gasteiger partial charge is 0.220 e. The summed E-state index contributed by atoms with van der Waals surface area (Å²) in [7, 11) is 0. The number of rotatable bonds is 6. The molecule has 1 aromatic carbocycles. The molecule has 81 valence electrons. The zero-order valence-electron chi connectivity index (χ0n) is 9.04. The standard InChI is InChI=1S/C13H18NO/c1-2-3-9-13(15)14-11-10-12-7-5-4-6-8-12/h4-8H,1-3,9-11H2,(H,14,15). The van der Waals surface area contributed by atoms with Crippen LogP contribution in [0.3, 0.4) is 0 Å². The third kappa shape index (κ3) is 5.21. The lowest BCUT2D eigenvalue weighted by Crippen LogP contribution is -2.25. The number of nitrogens with one attached hydrogen (secondary N) is 1. The van der Waals surface area contributed by atoms with Crippen LogP contribution in [0.25, 0.3) is 0 Å². The summed E-state index contributed by atoms with van der Waals surface area (Å²) < 4.78 is 0. The Bertz CT molecular complexity index is 282. The molecule has 0 heterocycles. The van der Waals surface area contributed by atoms with E-state index in [0.717, 1.165) is 25.8 Å². The molecule has 0 fully saturated rings. The van der Waals surface area contributed by atoms with E-state index in [1.54, 1.807) is 0 Å². The van der Waals surface area contributed by atoms with Gasteiger partial charge in [-0.05, 0) is 18.4 Å². The van der Waals surface area contributed by atoms with Gasteiger partial charge < -0.3 is 5.32 Å². The highest BCUT2D eigenvalue weighted by Gasteiger charge is 1.98. The van der Waals surface area contributed by atoms with Gasteiger partial charge in [0.2, 0.25) is 5.91 Å². The van der Waals surface area contributed by atoms with E-state index in [1.807, 2.05) is 18.2 Å². The predicted molar refractivity (Wildman–Crippen MR) is 62.4 cm³/mol.